The molecule has 0 aliphatic carbocycles. The van der Waals surface area contributed by atoms with E-state index >= 15 is 0 Å². The van der Waals surface area contributed by atoms with Crippen molar-refractivity contribution >= 4 is 11.9 Å². The Labute approximate surface area is 132 Å². The number of aryl methyl sites for hydroxylation is 1. The van der Waals surface area contributed by atoms with Crippen molar-refractivity contribution in [3.05, 3.63) is 17.8 Å². The summed E-state index contributed by atoms with van der Waals surface area (Å²) >= 11 is 0. The lowest BCUT2D eigenvalue weighted by Crippen LogP contribution is -2.48. The van der Waals surface area contributed by atoms with Crippen LogP contribution in [0.3, 0.4) is 0 Å². The van der Waals surface area contributed by atoms with Crippen LogP contribution in [-0.4, -0.2) is 45.9 Å². The maximum Gasteiger partial charge on any atom is 0.410 e. The SMILES string of the molecule is Cc1ccc(NC[C@@H]2CCCCN2C(=O)OC(C)(C)C)nn1. The maximum absolute atomic E-state index is 12.3. The molecule has 6 nitrogen and oxygen atoms in total. The Kier molecular flexibility index (Phi) is 5.21. The van der Waals surface area contributed by atoms with E-state index in [9.17, 15) is 4.79 Å². The first kappa shape index (κ1) is 16.5. The number of hydrogen-bond donors (Lipinski definition) is 1. The fourth-order valence-electron chi connectivity index (χ4n) is 2.49. The molecular weight excluding hydrogens is 280 g/mol. The van der Waals surface area contributed by atoms with E-state index in [-0.39, 0.29) is 12.1 Å². The average molecular weight is 306 g/mol. The predicted octanol–water partition coefficient (Wildman–Crippen LogP) is 2.99. The lowest BCUT2D eigenvalue weighted by molar-refractivity contribution is 0.0114. The van der Waals surface area contributed by atoms with Crippen LogP contribution < -0.4 is 5.32 Å². The predicted molar refractivity (Wildman–Crippen MR) is 85.8 cm³/mol. The number of carbonyl (C=O) groups is 1. The van der Waals surface area contributed by atoms with Crippen LogP contribution in [0.2, 0.25) is 0 Å². The fraction of sp³-hybridized carbons (Fsp3) is 0.688. The lowest BCUT2D eigenvalue weighted by Gasteiger charge is -2.36. The van der Waals surface area contributed by atoms with Crippen LogP contribution in [0.15, 0.2) is 12.1 Å². The van der Waals surface area contributed by atoms with E-state index in [1.807, 2.05) is 44.7 Å². The average Bonchev–Trinajstić information content (AvgIpc) is 2.45. The summed E-state index contributed by atoms with van der Waals surface area (Å²) in [4.78, 5) is 14.2. The van der Waals surface area contributed by atoms with Gasteiger partial charge in [0.1, 0.15) is 11.4 Å². The zero-order valence-corrected chi connectivity index (χ0v) is 13.9. The first-order valence-electron chi connectivity index (χ1n) is 7.89. The number of ether oxygens (including phenoxy) is 1. The molecule has 0 unspecified atom stereocenters. The maximum atomic E-state index is 12.3. The third-order valence-corrected chi connectivity index (χ3v) is 3.57. The van der Waals surface area contributed by atoms with Crippen molar-refractivity contribution in [2.24, 2.45) is 0 Å². The summed E-state index contributed by atoms with van der Waals surface area (Å²) in [5, 5.41) is 11.4. The minimum absolute atomic E-state index is 0.131. The molecule has 6 heteroatoms. The first-order chi connectivity index (χ1) is 10.3. The third kappa shape index (κ3) is 4.86. The van der Waals surface area contributed by atoms with Crippen LogP contribution in [0, 0.1) is 6.92 Å². The van der Waals surface area contributed by atoms with Crippen molar-refractivity contribution in [3.63, 3.8) is 0 Å². The molecule has 1 aromatic heterocycles. The Balaban J connectivity index is 1.94. The molecule has 0 aromatic carbocycles. The number of rotatable bonds is 3. The second kappa shape index (κ2) is 6.94. The highest BCUT2D eigenvalue weighted by Crippen LogP contribution is 2.20. The molecular formula is C16H26N4O2. The second-order valence-electron chi connectivity index (χ2n) is 6.76. The van der Waals surface area contributed by atoms with Gasteiger partial charge < -0.3 is 15.0 Å². The standard InChI is InChI=1S/C16H26N4O2/c1-12-8-9-14(19-18-12)17-11-13-7-5-6-10-20(13)15(21)22-16(2,3)4/h8-9,13H,5-7,10-11H2,1-4H3,(H,17,19)/t13-/m0/s1. The van der Waals surface area contributed by atoms with Crippen LogP contribution in [0.4, 0.5) is 10.6 Å². The van der Waals surface area contributed by atoms with Gasteiger partial charge in [-0.15, -0.1) is 5.10 Å². The topological polar surface area (TPSA) is 67.4 Å². The summed E-state index contributed by atoms with van der Waals surface area (Å²) in [6.45, 7) is 9.00. The van der Waals surface area contributed by atoms with Crippen LogP contribution in [0.25, 0.3) is 0 Å². The van der Waals surface area contributed by atoms with Crippen molar-refractivity contribution in [2.45, 2.75) is 58.6 Å². The Bertz CT molecular complexity index is 496. The smallest absolute Gasteiger partial charge is 0.410 e. The van der Waals surface area contributed by atoms with Crippen molar-refractivity contribution in [2.75, 3.05) is 18.4 Å². The first-order valence-corrected chi connectivity index (χ1v) is 7.89. The number of piperidine rings is 1. The summed E-state index contributed by atoms with van der Waals surface area (Å²) in [5.41, 5.74) is 0.424. The molecule has 1 atom stereocenters. The molecule has 22 heavy (non-hydrogen) atoms. The number of carbonyl (C=O) groups excluding carboxylic acids is 1. The number of amides is 1. The summed E-state index contributed by atoms with van der Waals surface area (Å²) in [7, 11) is 0. The third-order valence-electron chi connectivity index (χ3n) is 3.57. The van der Waals surface area contributed by atoms with Gasteiger partial charge in [0.25, 0.3) is 0 Å². The number of nitrogens with one attached hydrogen (secondary N) is 1. The van der Waals surface area contributed by atoms with Gasteiger partial charge in [0.15, 0.2) is 0 Å². The molecule has 0 saturated carbocycles. The van der Waals surface area contributed by atoms with Gasteiger partial charge in [0.05, 0.1) is 11.7 Å². The quantitative estimate of drug-likeness (QED) is 0.930. The molecule has 0 bridgehead atoms. The van der Waals surface area contributed by atoms with Gasteiger partial charge in [0.2, 0.25) is 0 Å². The van der Waals surface area contributed by atoms with E-state index in [0.29, 0.717) is 6.54 Å². The minimum Gasteiger partial charge on any atom is -0.444 e. The van der Waals surface area contributed by atoms with E-state index in [4.69, 9.17) is 4.74 Å². The Hall–Kier alpha value is -1.85. The van der Waals surface area contributed by atoms with E-state index in [0.717, 1.165) is 37.3 Å². The Morgan fingerprint density at radius 1 is 1.36 bits per heavy atom. The number of anilines is 1. The van der Waals surface area contributed by atoms with Crippen molar-refractivity contribution in [1.82, 2.24) is 15.1 Å². The van der Waals surface area contributed by atoms with Gasteiger partial charge in [-0.2, -0.15) is 5.10 Å². The molecule has 1 N–H and O–H groups in total. The van der Waals surface area contributed by atoms with E-state index in [1.165, 1.54) is 0 Å². The summed E-state index contributed by atoms with van der Waals surface area (Å²) < 4.78 is 5.51. The molecule has 1 amide bonds. The van der Waals surface area contributed by atoms with E-state index in [2.05, 4.69) is 15.5 Å². The fourth-order valence-corrected chi connectivity index (χ4v) is 2.49. The van der Waals surface area contributed by atoms with Gasteiger partial charge in [-0.3, -0.25) is 0 Å². The molecule has 2 heterocycles. The van der Waals surface area contributed by atoms with Crippen molar-refractivity contribution in [1.29, 1.82) is 0 Å². The molecule has 0 radical (unpaired) electrons. The number of hydrogen-bond acceptors (Lipinski definition) is 5. The number of aromatic nitrogens is 2. The molecule has 1 aromatic rings. The van der Waals surface area contributed by atoms with Gasteiger partial charge >= 0.3 is 6.09 Å². The highest BCUT2D eigenvalue weighted by molar-refractivity contribution is 5.68. The highest BCUT2D eigenvalue weighted by atomic mass is 16.6. The van der Waals surface area contributed by atoms with Crippen LogP contribution in [-0.2, 0) is 4.74 Å². The zero-order chi connectivity index (χ0) is 16.2. The Morgan fingerprint density at radius 3 is 2.77 bits per heavy atom. The number of likely N-dealkylation sites (tertiary alicyclic amines) is 1. The van der Waals surface area contributed by atoms with Gasteiger partial charge in [-0.1, -0.05) is 0 Å². The van der Waals surface area contributed by atoms with Crippen LogP contribution >= 0.6 is 0 Å². The van der Waals surface area contributed by atoms with E-state index < -0.39 is 5.60 Å². The Morgan fingerprint density at radius 2 is 2.14 bits per heavy atom. The molecule has 0 spiro atoms. The zero-order valence-electron chi connectivity index (χ0n) is 13.9. The molecule has 1 fully saturated rings. The summed E-state index contributed by atoms with van der Waals surface area (Å²) in [6.07, 6.45) is 2.91. The molecule has 122 valence electrons. The number of nitrogens with zero attached hydrogens (tertiary/aromatic N) is 3. The molecule has 1 aliphatic heterocycles. The highest BCUT2D eigenvalue weighted by Gasteiger charge is 2.30. The molecule has 1 saturated heterocycles. The monoisotopic (exact) mass is 306 g/mol. The largest absolute Gasteiger partial charge is 0.444 e. The molecule has 2 rings (SSSR count). The summed E-state index contributed by atoms with van der Waals surface area (Å²) in [5.74, 6) is 0.736. The lowest BCUT2D eigenvalue weighted by atomic mass is 10.0. The van der Waals surface area contributed by atoms with Crippen LogP contribution in [0.1, 0.15) is 45.7 Å². The van der Waals surface area contributed by atoms with Gasteiger partial charge in [-0.05, 0) is 59.1 Å². The second-order valence-corrected chi connectivity index (χ2v) is 6.76. The van der Waals surface area contributed by atoms with E-state index in [1.54, 1.807) is 0 Å². The van der Waals surface area contributed by atoms with Crippen LogP contribution in [0.5, 0.6) is 0 Å². The summed E-state index contributed by atoms with van der Waals surface area (Å²) in [6, 6.07) is 3.96. The van der Waals surface area contributed by atoms with Crippen molar-refractivity contribution in [3.8, 4) is 0 Å². The van der Waals surface area contributed by atoms with Crippen molar-refractivity contribution < 1.29 is 9.53 Å². The normalized spacial score (nSPS) is 18.9. The van der Waals surface area contributed by atoms with Gasteiger partial charge in [-0.25, -0.2) is 4.79 Å². The molecule has 1 aliphatic rings. The van der Waals surface area contributed by atoms with Gasteiger partial charge in [0, 0.05) is 13.1 Å². The minimum atomic E-state index is -0.463.